The molecule has 0 aliphatic carbocycles. The topological polar surface area (TPSA) is 87.9 Å². The van der Waals surface area contributed by atoms with E-state index in [0.717, 1.165) is 47.5 Å². The molecule has 5 aromatic rings. The van der Waals surface area contributed by atoms with Crippen molar-refractivity contribution >= 4 is 35.8 Å². The Balaban J connectivity index is 1.58. The SMILES string of the molecule is Cn1c(=O)n(C)c2c(N3CCOCC3)cc(-n3c(C(C)(C)C)nc4cc(-c5cn(C[Si](C)(C)C)nn5)c(F)cc43)cc21. The molecule has 1 saturated heterocycles. The van der Waals surface area contributed by atoms with Crippen LogP contribution in [0.2, 0.25) is 19.6 Å². The molecule has 1 aliphatic heterocycles. The predicted molar refractivity (Wildman–Crippen MR) is 167 cm³/mol. The maximum atomic E-state index is 15.9. The molecule has 0 amide bonds. The van der Waals surface area contributed by atoms with E-state index in [4.69, 9.17) is 9.72 Å². The first-order valence-electron chi connectivity index (χ1n) is 14.4. The van der Waals surface area contributed by atoms with Crippen LogP contribution in [0.5, 0.6) is 0 Å². The van der Waals surface area contributed by atoms with Gasteiger partial charge >= 0.3 is 5.69 Å². The van der Waals surface area contributed by atoms with Gasteiger partial charge in [0.05, 0.1) is 60.9 Å². The maximum Gasteiger partial charge on any atom is 0.328 e. The van der Waals surface area contributed by atoms with Gasteiger partial charge in [-0.3, -0.25) is 18.4 Å². The van der Waals surface area contributed by atoms with E-state index in [1.54, 1.807) is 35.4 Å². The summed E-state index contributed by atoms with van der Waals surface area (Å²) in [5.74, 6) is 0.412. The summed E-state index contributed by atoms with van der Waals surface area (Å²) in [6.07, 6.45) is 2.63. The first-order chi connectivity index (χ1) is 19.7. The maximum absolute atomic E-state index is 15.9. The number of rotatable bonds is 5. The molecule has 0 atom stereocenters. The molecule has 0 N–H and O–H groups in total. The molecule has 2 aromatic carbocycles. The zero-order valence-electron chi connectivity index (χ0n) is 25.7. The minimum atomic E-state index is -1.43. The van der Waals surface area contributed by atoms with Crippen LogP contribution in [0.15, 0.2) is 35.3 Å². The van der Waals surface area contributed by atoms with Crippen molar-refractivity contribution in [3.63, 3.8) is 0 Å². The number of hydrogen-bond donors (Lipinski definition) is 0. The quantitative estimate of drug-likeness (QED) is 0.278. The average Bonchev–Trinajstić information content (AvgIpc) is 3.59. The number of nitrogens with zero attached hydrogens (tertiary/aromatic N) is 8. The normalized spacial score (nSPS) is 14.9. The molecule has 0 spiro atoms. The third-order valence-corrected chi connectivity index (χ3v) is 9.07. The van der Waals surface area contributed by atoms with Crippen molar-refractivity contribution in [1.29, 1.82) is 0 Å². The van der Waals surface area contributed by atoms with Gasteiger partial charge in [-0.25, -0.2) is 14.2 Å². The number of anilines is 1. The van der Waals surface area contributed by atoms with Gasteiger partial charge in [-0.2, -0.15) is 0 Å². The molecule has 0 saturated carbocycles. The predicted octanol–water partition coefficient (Wildman–Crippen LogP) is 4.63. The molecular weight excluding hydrogens is 551 g/mol. The summed E-state index contributed by atoms with van der Waals surface area (Å²) >= 11 is 0. The summed E-state index contributed by atoms with van der Waals surface area (Å²) < 4.78 is 28.8. The van der Waals surface area contributed by atoms with Gasteiger partial charge in [0.2, 0.25) is 0 Å². The smallest absolute Gasteiger partial charge is 0.328 e. The minimum absolute atomic E-state index is 0.0962. The van der Waals surface area contributed by atoms with Crippen LogP contribution in [0, 0.1) is 5.82 Å². The second-order valence-corrected chi connectivity index (χ2v) is 19.0. The third-order valence-electron chi connectivity index (χ3n) is 7.80. The Morgan fingerprint density at radius 3 is 2.38 bits per heavy atom. The summed E-state index contributed by atoms with van der Waals surface area (Å²) in [6.45, 7) is 15.7. The van der Waals surface area contributed by atoms with E-state index in [1.165, 1.54) is 0 Å². The second-order valence-electron chi connectivity index (χ2n) is 13.5. The molecule has 4 heterocycles. The Morgan fingerprint density at radius 2 is 1.71 bits per heavy atom. The Kier molecular flexibility index (Phi) is 6.69. The van der Waals surface area contributed by atoms with Crippen LogP contribution in [0.3, 0.4) is 0 Å². The van der Waals surface area contributed by atoms with Gasteiger partial charge in [0.15, 0.2) is 0 Å². The van der Waals surface area contributed by atoms with E-state index >= 15 is 4.39 Å². The number of aryl methyl sites for hydroxylation is 2. The molecule has 0 bridgehead atoms. The van der Waals surface area contributed by atoms with Crippen molar-refractivity contribution in [2.45, 2.75) is 52.0 Å². The number of morpholine rings is 1. The van der Waals surface area contributed by atoms with Crippen LogP contribution >= 0.6 is 0 Å². The minimum Gasteiger partial charge on any atom is -0.378 e. The molecule has 6 rings (SSSR count). The highest BCUT2D eigenvalue weighted by Crippen LogP contribution is 2.37. The lowest BCUT2D eigenvalue weighted by atomic mass is 9.95. The van der Waals surface area contributed by atoms with Gasteiger partial charge in [0, 0.05) is 50.4 Å². The molecule has 0 radical (unpaired) electrons. The van der Waals surface area contributed by atoms with E-state index in [-0.39, 0.29) is 16.9 Å². The number of fused-ring (bicyclic) bond motifs is 2. The average molecular weight is 591 g/mol. The Labute approximate surface area is 245 Å². The monoisotopic (exact) mass is 590 g/mol. The van der Waals surface area contributed by atoms with Crippen LogP contribution in [0.25, 0.3) is 39.0 Å². The van der Waals surface area contributed by atoms with Crippen LogP contribution in [-0.2, 0) is 30.4 Å². The Hall–Kier alpha value is -3.77. The van der Waals surface area contributed by atoms with Crippen molar-refractivity contribution in [3.8, 4) is 16.9 Å². The van der Waals surface area contributed by atoms with Crippen LogP contribution in [0.1, 0.15) is 26.6 Å². The van der Waals surface area contributed by atoms with Gasteiger partial charge in [-0.1, -0.05) is 45.6 Å². The van der Waals surface area contributed by atoms with Crippen molar-refractivity contribution in [2.75, 3.05) is 31.2 Å². The lowest BCUT2D eigenvalue weighted by Crippen LogP contribution is -2.36. The number of hydrogen-bond acceptors (Lipinski definition) is 6. The van der Waals surface area contributed by atoms with Gasteiger partial charge < -0.3 is 9.64 Å². The molecular formula is C30H39FN8O2Si. The number of benzene rings is 2. The lowest BCUT2D eigenvalue weighted by molar-refractivity contribution is 0.123. The standard InChI is InChI=1S/C30H39FN8O2Si/c1-30(2,3)28-32-22-15-20(23-17-38(34-33-23)18-42(6,7)8)21(31)16-24(22)39(28)19-13-25-27(36(5)29(40)35(25)4)26(14-19)37-9-11-41-12-10-37/h13-17H,9-12,18H2,1-8H3. The largest absolute Gasteiger partial charge is 0.378 e. The first kappa shape index (κ1) is 28.4. The fraction of sp³-hybridized carbons (Fsp3) is 0.467. The highest BCUT2D eigenvalue weighted by atomic mass is 28.3. The van der Waals surface area contributed by atoms with E-state index in [9.17, 15) is 4.79 Å². The molecule has 1 aliphatic rings. The Morgan fingerprint density at radius 1 is 1.00 bits per heavy atom. The molecule has 42 heavy (non-hydrogen) atoms. The first-order valence-corrected chi connectivity index (χ1v) is 18.1. The fourth-order valence-electron chi connectivity index (χ4n) is 5.83. The second kappa shape index (κ2) is 9.91. The van der Waals surface area contributed by atoms with Gasteiger partial charge in [0.1, 0.15) is 17.3 Å². The van der Waals surface area contributed by atoms with Crippen molar-refractivity contribution in [3.05, 3.63) is 52.6 Å². The third kappa shape index (κ3) is 4.85. The zero-order valence-corrected chi connectivity index (χ0v) is 26.7. The molecule has 0 unspecified atom stereocenters. The van der Waals surface area contributed by atoms with Crippen molar-refractivity contribution < 1.29 is 9.13 Å². The number of imidazole rings is 2. The van der Waals surface area contributed by atoms with Crippen molar-refractivity contribution in [1.82, 2.24) is 33.7 Å². The van der Waals surface area contributed by atoms with Crippen molar-refractivity contribution in [2.24, 2.45) is 14.1 Å². The summed E-state index contributed by atoms with van der Waals surface area (Å²) in [5.41, 5.74) is 5.20. The number of halogens is 1. The van der Waals surface area contributed by atoms with Gasteiger partial charge in [0.25, 0.3) is 0 Å². The molecule has 10 nitrogen and oxygen atoms in total. The molecule has 1 fully saturated rings. The highest BCUT2D eigenvalue weighted by molar-refractivity contribution is 6.74. The van der Waals surface area contributed by atoms with E-state index in [0.29, 0.717) is 35.5 Å². The van der Waals surface area contributed by atoms with Crippen LogP contribution < -0.4 is 10.6 Å². The van der Waals surface area contributed by atoms with Gasteiger partial charge in [-0.15, -0.1) is 5.10 Å². The summed E-state index contributed by atoms with van der Waals surface area (Å²) in [7, 11) is 2.16. The van der Waals surface area contributed by atoms with Crippen LogP contribution in [-0.4, -0.2) is 68.1 Å². The lowest BCUT2D eigenvalue weighted by Gasteiger charge is -2.30. The summed E-state index contributed by atoms with van der Waals surface area (Å²) in [5, 5.41) is 8.58. The summed E-state index contributed by atoms with van der Waals surface area (Å²) in [4.78, 5) is 20.4. The number of ether oxygens (including phenoxy) is 1. The van der Waals surface area contributed by atoms with Gasteiger partial charge in [-0.05, 0) is 18.2 Å². The number of aromatic nitrogens is 7. The van der Waals surface area contributed by atoms with Crippen LogP contribution in [0.4, 0.5) is 10.1 Å². The zero-order chi connectivity index (χ0) is 30.1. The summed E-state index contributed by atoms with van der Waals surface area (Å²) in [6, 6.07) is 7.42. The fourth-order valence-corrected chi connectivity index (χ4v) is 6.96. The highest BCUT2D eigenvalue weighted by Gasteiger charge is 2.28. The van der Waals surface area contributed by atoms with E-state index in [2.05, 4.69) is 61.7 Å². The Bertz CT molecular complexity index is 1880. The molecule has 222 valence electrons. The molecule has 3 aromatic heterocycles. The molecule has 12 heteroatoms. The van der Waals surface area contributed by atoms with E-state index in [1.807, 2.05) is 21.5 Å². The van der Waals surface area contributed by atoms with E-state index < -0.39 is 8.07 Å².